The summed E-state index contributed by atoms with van der Waals surface area (Å²) < 4.78 is 25.6. The second-order valence-corrected chi connectivity index (χ2v) is 5.62. The first-order valence-electron chi connectivity index (χ1n) is 6.54. The topological polar surface area (TPSA) is 120 Å². The lowest BCUT2D eigenvalue weighted by atomic mass is 10.2. The van der Waals surface area contributed by atoms with Crippen molar-refractivity contribution in [1.82, 2.24) is 5.32 Å². The Bertz CT molecular complexity index is 315. The fourth-order valence-corrected chi connectivity index (χ4v) is 2.17. The van der Waals surface area contributed by atoms with E-state index in [9.17, 15) is 14.3 Å². The van der Waals surface area contributed by atoms with Crippen LogP contribution in [0, 0.1) is 0 Å². The van der Waals surface area contributed by atoms with Crippen molar-refractivity contribution in [2.75, 3.05) is 33.9 Å². The number of unbranched alkanes of at least 4 members (excludes halogenated alkanes) is 3. The summed E-state index contributed by atoms with van der Waals surface area (Å²) in [6, 6.07) is -0.811. The van der Waals surface area contributed by atoms with E-state index >= 15 is 0 Å². The van der Waals surface area contributed by atoms with Crippen LogP contribution in [0.5, 0.6) is 0 Å². The normalized spacial score (nSPS) is 15.6. The van der Waals surface area contributed by atoms with E-state index in [1.807, 2.05) is 0 Å². The number of nitrogens with one attached hydrogen (secondary N) is 1. The summed E-state index contributed by atoms with van der Waals surface area (Å²) in [5.41, 5.74) is 5.35. The number of phosphoric acid groups is 1. The molecular formula is C11H25N2O6P. The Morgan fingerprint density at radius 1 is 1.30 bits per heavy atom. The van der Waals surface area contributed by atoms with Crippen LogP contribution in [0.2, 0.25) is 0 Å². The van der Waals surface area contributed by atoms with Crippen molar-refractivity contribution >= 4 is 13.8 Å². The third-order valence-corrected chi connectivity index (χ3v) is 3.58. The molecule has 0 aromatic rings. The number of hydrogen-bond acceptors (Lipinski definition) is 7. The maximum absolute atomic E-state index is 11.5. The van der Waals surface area contributed by atoms with E-state index in [-0.39, 0.29) is 13.2 Å². The largest absolute Gasteiger partial charge is 0.472 e. The monoisotopic (exact) mass is 312 g/mol. The molecule has 0 bridgehead atoms. The molecule has 0 rings (SSSR count). The fraction of sp³-hybridized carbons (Fsp3) is 0.909. The smallest absolute Gasteiger partial charge is 0.468 e. The maximum Gasteiger partial charge on any atom is 0.472 e. The zero-order chi connectivity index (χ0) is 15.4. The number of nitrogens with two attached hydrogens (primary N) is 1. The molecule has 20 heavy (non-hydrogen) atoms. The van der Waals surface area contributed by atoms with Gasteiger partial charge in [0.2, 0.25) is 0 Å². The van der Waals surface area contributed by atoms with Gasteiger partial charge in [-0.05, 0) is 26.4 Å². The molecule has 2 atom stereocenters. The summed E-state index contributed by atoms with van der Waals surface area (Å²) in [6.07, 6.45) is 3.41. The predicted octanol–water partition coefficient (Wildman–Crippen LogP) is 0.400. The van der Waals surface area contributed by atoms with E-state index in [0.717, 1.165) is 19.3 Å². The molecule has 0 aliphatic rings. The third-order valence-electron chi connectivity index (χ3n) is 2.59. The lowest BCUT2D eigenvalue weighted by molar-refractivity contribution is -0.143. The Hall–Kier alpha value is -0.500. The minimum atomic E-state index is -4.14. The van der Waals surface area contributed by atoms with Gasteiger partial charge in [0.15, 0.2) is 0 Å². The molecule has 8 nitrogen and oxygen atoms in total. The number of ether oxygens (including phenoxy) is 1. The number of methoxy groups -OCH3 is 1. The van der Waals surface area contributed by atoms with Crippen molar-refractivity contribution in [3.63, 3.8) is 0 Å². The molecular weight excluding hydrogens is 287 g/mol. The summed E-state index contributed by atoms with van der Waals surface area (Å²) in [5.74, 6) is -0.575. The quantitative estimate of drug-likeness (QED) is 0.269. The van der Waals surface area contributed by atoms with Gasteiger partial charge >= 0.3 is 13.8 Å². The van der Waals surface area contributed by atoms with Gasteiger partial charge in [0.25, 0.3) is 0 Å². The first-order valence-corrected chi connectivity index (χ1v) is 8.03. The van der Waals surface area contributed by atoms with Crippen LogP contribution in [0.1, 0.15) is 25.7 Å². The molecule has 0 aliphatic carbocycles. The van der Waals surface area contributed by atoms with Crippen molar-refractivity contribution < 1.29 is 28.0 Å². The highest BCUT2D eigenvalue weighted by Crippen LogP contribution is 2.43. The molecule has 0 amide bonds. The van der Waals surface area contributed by atoms with Gasteiger partial charge in [-0.25, -0.2) is 4.57 Å². The summed E-state index contributed by atoms with van der Waals surface area (Å²) in [6.45, 7) is 0.465. The maximum atomic E-state index is 11.5. The minimum absolute atomic E-state index is 0.126. The van der Waals surface area contributed by atoms with Crippen molar-refractivity contribution in [3.8, 4) is 0 Å². The molecule has 0 fully saturated rings. The van der Waals surface area contributed by atoms with Gasteiger partial charge in [-0.3, -0.25) is 13.8 Å². The van der Waals surface area contributed by atoms with E-state index in [1.165, 1.54) is 14.2 Å². The van der Waals surface area contributed by atoms with Crippen LogP contribution in [0.4, 0.5) is 0 Å². The second kappa shape index (κ2) is 11.2. The minimum Gasteiger partial charge on any atom is -0.468 e. The molecule has 9 heteroatoms. The molecule has 0 radical (unpaired) electrons. The average molecular weight is 312 g/mol. The molecule has 4 N–H and O–H groups in total. The first kappa shape index (κ1) is 19.5. The first-order chi connectivity index (χ1) is 9.46. The van der Waals surface area contributed by atoms with Crippen LogP contribution < -0.4 is 11.1 Å². The van der Waals surface area contributed by atoms with Gasteiger partial charge < -0.3 is 20.7 Å². The molecule has 2 unspecified atom stereocenters. The number of carbonyl (C=O) groups excluding carboxylic acids is 1. The van der Waals surface area contributed by atoms with Crippen LogP contribution in [-0.4, -0.2) is 50.8 Å². The van der Waals surface area contributed by atoms with Gasteiger partial charge in [0.1, 0.15) is 6.04 Å². The summed E-state index contributed by atoms with van der Waals surface area (Å²) in [4.78, 5) is 20.7. The van der Waals surface area contributed by atoms with Gasteiger partial charge in [0, 0.05) is 0 Å². The molecule has 0 aromatic heterocycles. The van der Waals surface area contributed by atoms with E-state index < -0.39 is 19.8 Å². The highest BCUT2D eigenvalue weighted by molar-refractivity contribution is 7.47. The van der Waals surface area contributed by atoms with Crippen molar-refractivity contribution in [2.45, 2.75) is 31.7 Å². The van der Waals surface area contributed by atoms with Gasteiger partial charge in [-0.1, -0.05) is 12.8 Å². The lowest BCUT2D eigenvalue weighted by Gasteiger charge is -2.16. The van der Waals surface area contributed by atoms with Gasteiger partial charge in [0.05, 0.1) is 20.3 Å². The molecule has 0 heterocycles. The standard InChI is InChI=1S/C11H25N2O6P/c1-13-10(11(14)17-2)9-19-20(15,16)18-8-6-4-3-5-7-12/h10,13H,3-9,12H2,1-2H3,(H,15,16). The molecule has 120 valence electrons. The van der Waals surface area contributed by atoms with E-state index in [2.05, 4.69) is 10.1 Å². The number of likely N-dealkylation sites (N-methyl/N-ethyl adjacent to an activating group) is 1. The van der Waals surface area contributed by atoms with Gasteiger partial charge in [-0.15, -0.1) is 0 Å². The number of carbonyl (C=O) groups is 1. The molecule has 0 saturated carbocycles. The summed E-state index contributed by atoms with van der Waals surface area (Å²) in [5, 5.41) is 2.62. The van der Waals surface area contributed by atoms with Crippen molar-refractivity contribution in [1.29, 1.82) is 0 Å². The molecule has 0 saturated heterocycles. The second-order valence-electron chi connectivity index (χ2n) is 4.16. The molecule has 0 aromatic carbocycles. The molecule has 0 aliphatic heterocycles. The van der Waals surface area contributed by atoms with E-state index in [4.69, 9.17) is 14.8 Å². The zero-order valence-corrected chi connectivity index (χ0v) is 12.9. The number of esters is 1. The Kier molecular flexibility index (Phi) is 10.9. The van der Waals surface area contributed by atoms with Crippen molar-refractivity contribution in [2.24, 2.45) is 5.73 Å². The van der Waals surface area contributed by atoms with Crippen molar-refractivity contribution in [3.05, 3.63) is 0 Å². The Balaban J connectivity index is 3.88. The highest BCUT2D eigenvalue weighted by atomic mass is 31.2. The molecule has 0 spiro atoms. The van der Waals surface area contributed by atoms with Gasteiger partial charge in [-0.2, -0.15) is 0 Å². The van der Waals surface area contributed by atoms with Crippen LogP contribution in [-0.2, 0) is 23.1 Å². The van der Waals surface area contributed by atoms with Crippen LogP contribution >= 0.6 is 7.82 Å². The summed E-state index contributed by atoms with van der Waals surface area (Å²) >= 11 is 0. The Morgan fingerprint density at radius 2 is 1.95 bits per heavy atom. The average Bonchev–Trinajstić information content (AvgIpc) is 2.42. The number of rotatable bonds is 12. The van der Waals surface area contributed by atoms with E-state index in [1.54, 1.807) is 0 Å². The summed E-state index contributed by atoms with van der Waals surface area (Å²) in [7, 11) is -1.39. The van der Waals surface area contributed by atoms with Crippen LogP contribution in [0.25, 0.3) is 0 Å². The Labute approximate surface area is 119 Å². The predicted molar refractivity (Wildman–Crippen MR) is 74.1 cm³/mol. The number of hydrogen-bond donors (Lipinski definition) is 3. The van der Waals surface area contributed by atoms with E-state index in [0.29, 0.717) is 13.0 Å². The fourth-order valence-electron chi connectivity index (χ4n) is 1.40. The van der Waals surface area contributed by atoms with Crippen LogP contribution in [0.3, 0.4) is 0 Å². The zero-order valence-electron chi connectivity index (χ0n) is 12.0. The lowest BCUT2D eigenvalue weighted by Crippen LogP contribution is -2.38. The number of phosphoric ester groups is 1. The Morgan fingerprint density at radius 3 is 2.50 bits per heavy atom. The highest BCUT2D eigenvalue weighted by Gasteiger charge is 2.25. The third kappa shape index (κ3) is 9.41. The SMILES string of the molecule is CNC(COP(=O)(O)OCCCCCCN)C(=O)OC. The van der Waals surface area contributed by atoms with Crippen LogP contribution in [0.15, 0.2) is 0 Å².